The summed E-state index contributed by atoms with van der Waals surface area (Å²) in [6.45, 7) is 4.34. The third-order valence-corrected chi connectivity index (χ3v) is 5.04. The van der Waals surface area contributed by atoms with E-state index in [2.05, 4.69) is 9.97 Å². The lowest BCUT2D eigenvalue weighted by Crippen LogP contribution is -2.49. The van der Waals surface area contributed by atoms with Gasteiger partial charge in [-0.15, -0.1) is 0 Å². The van der Waals surface area contributed by atoms with Gasteiger partial charge in [0.15, 0.2) is 0 Å². The average Bonchev–Trinajstić information content (AvgIpc) is 2.67. The lowest BCUT2D eigenvalue weighted by atomic mass is 9.97. The summed E-state index contributed by atoms with van der Waals surface area (Å²) in [5.74, 6) is -0.00407. The molecule has 1 fully saturated rings. The number of carbonyl (C=O) groups is 1. The molecule has 0 spiro atoms. The number of benzene rings is 1. The molecule has 0 aliphatic carbocycles. The van der Waals surface area contributed by atoms with Gasteiger partial charge in [-0.2, -0.15) is 4.98 Å². The topological polar surface area (TPSA) is 95.5 Å². The van der Waals surface area contributed by atoms with Crippen LogP contribution >= 0.6 is 0 Å². The Kier molecular flexibility index (Phi) is 6.03. The van der Waals surface area contributed by atoms with E-state index in [1.807, 2.05) is 37.3 Å². The van der Waals surface area contributed by atoms with Crippen LogP contribution in [0.2, 0.25) is 0 Å². The molecule has 2 heterocycles. The van der Waals surface area contributed by atoms with Crippen molar-refractivity contribution in [3.8, 4) is 0 Å². The number of nitrogens with zero attached hydrogens (tertiary/aromatic N) is 2. The van der Waals surface area contributed by atoms with Crippen molar-refractivity contribution in [3.05, 3.63) is 63.3 Å². The van der Waals surface area contributed by atoms with E-state index in [-0.39, 0.29) is 24.2 Å². The number of aromatic amines is 1. The van der Waals surface area contributed by atoms with Crippen molar-refractivity contribution < 1.29 is 14.6 Å². The molecule has 27 heavy (non-hydrogen) atoms. The summed E-state index contributed by atoms with van der Waals surface area (Å²) in [4.78, 5) is 32.8. The first kappa shape index (κ1) is 19.3. The van der Waals surface area contributed by atoms with Crippen LogP contribution in [0, 0.1) is 13.8 Å². The van der Waals surface area contributed by atoms with Crippen molar-refractivity contribution in [3.63, 3.8) is 0 Å². The Morgan fingerprint density at radius 1 is 1.33 bits per heavy atom. The third-order valence-electron chi connectivity index (χ3n) is 5.04. The molecule has 2 N–H and O–H groups in total. The highest BCUT2D eigenvalue weighted by atomic mass is 16.5. The molecule has 0 saturated carbocycles. The fourth-order valence-corrected chi connectivity index (χ4v) is 3.71. The van der Waals surface area contributed by atoms with Crippen LogP contribution in [0.15, 0.2) is 35.1 Å². The van der Waals surface area contributed by atoms with Crippen molar-refractivity contribution in [1.82, 2.24) is 14.9 Å². The predicted octanol–water partition coefficient (Wildman–Crippen LogP) is 1.28. The smallest absolute Gasteiger partial charge is 0.345 e. The van der Waals surface area contributed by atoms with Crippen LogP contribution in [0.1, 0.15) is 35.0 Å². The number of ether oxygens (including phenoxy) is 1. The van der Waals surface area contributed by atoms with Crippen molar-refractivity contribution in [2.45, 2.75) is 38.8 Å². The number of morpholine rings is 1. The molecule has 3 rings (SSSR count). The van der Waals surface area contributed by atoms with E-state index >= 15 is 0 Å². The second-order valence-electron chi connectivity index (χ2n) is 6.77. The monoisotopic (exact) mass is 371 g/mol. The average molecular weight is 371 g/mol. The van der Waals surface area contributed by atoms with Crippen molar-refractivity contribution in [2.75, 3.05) is 19.8 Å². The predicted molar refractivity (Wildman–Crippen MR) is 100 cm³/mol. The van der Waals surface area contributed by atoms with E-state index < -0.39 is 6.10 Å². The summed E-state index contributed by atoms with van der Waals surface area (Å²) in [5, 5.41) is 9.72. The highest BCUT2D eigenvalue weighted by molar-refractivity contribution is 5.77. The Hall–Kier alpha value is -2.51. The lowest BCUT2D eigenvalue weighted by molar-refractivity contribution is -0.149. The molecule has 144 valence electrons. The van der Waals surface area contributed by atoms with Gasteiger partial charge in [-0.25, -0.2) is 4.79 Å². The van der Waals surface area contributed by atoms with Crippen LogP contribution in [-0.4, -0.2) is 51.7 Å². The second-order valence-corrected chi connectivity index (χ2v) is 6.77. The number of amides is 1. The first-order valence-corrected chi connectivity index (χ1v) is 9.14. The molecule has 1 aliphatic heterocycles. The van der Waals surface area contributed by atoms with Gasteiger partial charge in [-0.1, -0.05) is 30.3 Å². The van der Waals surface area contributed by atoms with Crippen molar-refractivity contribution in [1.29, 1.82) is 0 Å². The molecular weight excluding hydrogens is 346 g/mol. The minimum Gasteiger partial charge on any atom is -0.394 e. The number of rotatable bonds is 5. The molecule has 7 heteroatoms. The van der Waals surface area contributed by atoms with Gasteiger partial charge in [0.1, 0.15) is 6.10 Å². The summed E-state index contributed by atoms with van der Waals surface area (Å²) in [6.07, 6.45) is 0.364. The van der Waals surface area contributed by atoms with E-state index in [0.717, 1.165) is 16.8 Å². The summed E-state index contributed by atoms with van der Waals surface area (Å²) in [5.41, 5.74) is 2.87. The maximum absolute atomic E-state index is 13.0. The van der Waals surface area contributed by atoms with Gasteiger partial charge in [0.25, 0.3) is 0 Å². The quantitative estimate of drug-likeness (QED) is 0.826. The zero-order valence-corrected chi connectivity index (χ0v) is 15.6. The van der Waals surface area contributed by atoms with Crippen LogP contribution in [0.4, 0.5) is 0 Å². The van der Waals surface area contributed by atoms with Gasteiger partial charge < -0.3 is 19.7 Å². The minimum atomic E-state index is -0.441. The molecule has 1 amide bonds. The molecule has 2 unspecified atom stereocenters. The standard InChI is InChI=1S/C20H25N3O4/c1-13-16(14(2)22-20(26)21-13)8-9-18(25)23-10-11-27-17(12-24)19(23)15-6-4-3-5-7-15/h3-7,17,19,24H,8-12H2,1-2H3,(H,21,22,26). The number of carbonyl (C=O) groups excluding carboxylic acids is 1. The summed E-state index contributed by atoms with van der Waals surface area (Å²) >= 11 is 0. The highest BCUT2D eigenvalue weighted by Crippen LogP contribution is 2.30. The van der Waals surface area contributed by atoms with E-state index in [9.17, 15) is 14.7 Å². The fourth-order valence-electron chi connectivity index (χ4n) is 3.71. The number of aryl methyl sites for hydroxylation is 2. The van der Waals surface area contributed by atoms with E-state index in [0.29, 0.717) is 31.7 Å². The molecule has 0 bridgehead atoms. The van der Waals surface area contributed by atoms with Crippen LogP contribution in [0.25, 0.3) is 0 Å². The minimum absolute atomic E-state index is 0.00407. The van der Waals surface area contributed by atoms with Gasteiger partial charge in [-0.3, -0.25) is 4.79 Å². The van der Waals surface area contributed by atoms with Crippen LogP contribution in [0.3, 0.4) is 0 Å². The Morgan fingerprint density at radius 3 is 2.74 bits per heavy atom. The number of aliphatic hydroxyl groups is 1. The molecule has 1 saturated heterocycles. The maximum Gasteiger partial charge on any atom is 0.345 e. The Labute approximate surface area is 158 Å². The van der Waals surface area contributed by atoms with Crippen molar-refractivity contribution in [2.24, 2.45) is 0 Å². The molecule has 1 aromatic carbocycles. The largest absolute Gasteiger partial charge is 0.394 e. The number of aliphatic hydroxyl groups excluding tert-OH is 1. The van der Waals surface area contributed by atoms with Gasteiger partial charge >= 0.3 is 5.69 Å². The molecule has 1 aliphatic rings. The molecule has 1 aromatic heterocycles. The van der Waals surface area contributed by atoms with Gasteiger partial charge in [0.05, 0.1) is 19.3 Å². The van der Waals surface area contributed by atoms with E-state index in [1.165, 1.54) is 0 Å². The van der Waals surface area contributed by atoms with E-state index in [1.54, 1.807) is 11.8 Å². The maximum atomic E-state index is 13.0. The van der Waals surface area contributed by atoms with Gasteiger partial charge in [0.2, 0.25) is 5.91 Å². The summed E-state index contributed by atoms with van der Waals surface area (Å²) < 4.78 is 5.70. The highest BCUT2D eigenvalue weighted by Gasteiger charge is 2.35. The Morgan fingerprint density at radius 2 is 2.07 bits per heavy atom. The first-order valence-electron chi connectivity index (χ1n) is 9.14. The van der Waals surface area contributed by atoms with Crippen LogP contribution < -0.4 is 5.69 Å². The fraction of sp³-hybridized carbons (Fsp3) is 0.450. The molecule has 7 nitrogen and oxygen atoms in total. The zero-order chi connectivity index (χ0) is 19.4. The van der Waals surface area contributed by atoms with Gasteiger partial charge in [-0.05, 0) is 31.4 Å². The second kappa shape index (κ2) is 8.45. The molecule has 2 aromatic rings. The molecule has 0 radical (unpaired) electrons. The zero-order valence-electron chi connectivity index (χ0n) is 15.6. The number of hydrogen-bond donors (Lipinski definition) is 2. The summed E-state index contributed by atoms with van der Waals surface area (Å²) in [6, 6.07) is 9.33. The number of hydrogen-bond acceptors (Lipinski definition) is 5. The van der Waals surface area contributed by atoms with Crippen LogP contribution in [0.5, 0.6) is 0 Å². The number of nitrogens with one attached hydrogen (secondary N) is 1. The number of H-pyrrole nitrogens is 1. The van der Waals surface area contributed by atoms with E-state index in [4.69, 9.17) is 4.74 Å². The summed E-state index contributed by atoms with van der Waals surface area (Å²) in [7, 11) is 0. The molecule has 2 atom stereocenters. The Balaban J connectivity index is 1.79. The van der Waals surface area contributed by atoms with Gasteiger partial charge in [0, 0.05) is 24.4 Å². The Bertz CT molecular complexity index is 824. The first-order chi connectivity index (χ1) is 13.0. The SMILES string of the molecule is Cc1nc(=O)[nH]c(C)c1CCC(=O)N1CCOC(CO)C1c1ccccc1. The number of aromatic nitrogens is 2. The van der Waals surface area contributed by atoms with Crippen molar-refractivity contribution >= 4 is 5.91 Å². The third kappa shape index (κ3) is 4.26. The lowest BCUT2D eigenvalue weighted by Gasteiger charge is -2.41. The van der Waals surface area contributed by atoms with Crippen LogP contribution in [-0.2, 0) is 16.0 Å². The normalized spacial score (nSPS) is 19.9. The molecular formula is C20H25N3O4.